The van der Waals surface area contributed by atoms with Crippen LogP contribution in [0.1, 0.15) is 12.5 Å². The summed E-state index contributed by atoms with van der Waals surface area (Å²) in [5.74, 6) is 0.224. The summed E-state index contributed by atoms with van der Waals surface area (Å²) < 4.78 is 5.35. The Morgan fingerprint density at radius 3 is 2.60 bits per heavy atom. The molecule has 6 heteroatoms. The molecule has 0 aliphatic rings. The van der Waals surface area contributed by atoms with Gasteiger partial charge in [0.2, 0.25) is 0 Å². The van der Waals surface area contributed by atoms with Gasteiger partial charge in [-0.25, -0.2) is 0 Å². The zero-order chi connectivity index (χ0) is 18.2. The number of rotatable bonds is 6. The van der Waals surface area contributed by atoms with Crippen LogP contribution in [-0.4, -0.2) is 12.5 Å². The number of nitrogens with one attached hydrogen (secondary N) is 2. The summed E-state index contributed by atoms with van der Waals surface area (Å²) in [5, 5.41) is 15.5. The number of carbonyl (C=O) groups excluding carboxylic acids is 1. The molecule has 0 saturated heterocycles. The number of ether oxygens (including phenoxy) is 1. The van der Waals surface area contributed by atoms with Crippen molar-refractivity contribution in [2.24, 2.45) is 0 Å². The Labute approximate surface area is 151 Å². The van der Waals surface area contributed by atoms with Gasteiger partial charge in [0.25, 0.3) is 5.91 Å². The second-order valence-corrected chi connectivity index (χ2v) is 5.62. The molecule has 2 rings (SSSR count). The minimum absolute atomic E-state index is 0.0387. The number of hydrogen-bond acceptors (Lipinski definition) is 4. The zero-order valence-electron chi connectivity index (χ0n) is 14.0. The Hall–Kier alpha value is -2.97. The van der Waals surface area contributed by atoms with Crippen molar-refractivity contribution in [2.45, 2.75) is 13.8 Å². The number of aryl methyl sites for hydroxylation is 1. The van der Waals surface area contributed by atoms with E-state index in [0.717, 1.165) is 17.0 Å². The van der Waals surface area contributed by atoms with Crippen LogP contribution >= 0.6 is 11.6 Å². The van der Waals surface area contributed by atoms with Crippen LogP contribution in [0.25, 0.3) is 0 Å². The van der Waals surface area contributed by atoms with E-state index < -0.39 is 5.91 Å². The fourth-order valence-corrected chi connectivity index (χ4v) is 2.31. The maximum Gasteiger partial charge on any atom is 0.267 e. The van der Waals surface area contributed by atoms with Gasteiger partial charge in [-0.15, -0.1) is 0 Å². The molecule has 1 amide bonds. The second kappa shape index (κ2) is 8.76. The van der Waals surface area contributed by atoms with Gasteiger partial charge in [-0.3, -0.25) is 4.79 Å². The van der Waals surface area contributed by atoms with Gasteiger partial charge in [-0.2, -0.15) is 5.26 Å². The van der Waals surface area contributed by atoms with Crippen molar-refractivity contribution in [2.75, 3.05) is 17.2 Å². The monoisotopic (exact) mass is 355 g/mol. The van der Waals surface area contributed by atoms with Gasteiger partial charge in [0, 0.05) is 22.6 Å². The summed E-state index contributed by atoms with van der Waals surface area (Å²) >= 11 is 5.91. The van der Waals surface area contributed by atoms with Crippen LogP contribution in [0.2, 0.25) is 5.02 Å². The van der Waals surface area contributed by atoms with Gasteiger partial charge in [0.15, 0.2) is 0 Å². The molecule has 2 N–H and O–H groups in total. The van der Waals surface area contributed by atoms with Gasteiger partial charge in [-0.05, 0) is 61.9 Å². The van der Waals surface area contributed by atoms with E-state index in [4.69, 9.17) is 16.3 Å². The lowest BCUT2D eigenvalue weighted by atomic mass is 10.2. The van der Waals surface area contributed by atoms with E-state index in [-0.39, 0.29) is 5.57 Å². The van der Waals surface area contributed by atoms with Gasteiger partial charge in [0.1, 0.15) is 17.4 Å². The highest BCUT2D eigenvalue weighted by molar-refractivity contribution is 6.30. The SMILES string of the molecule is CCOc1ccc(NC(=O)/C(C#N)=C\Nc2ccc(Cl)cc2C)cc1. The van der Waals surface area contributed by atoms with Crippen LogP contribution < -0.4 is 15.4 Å². The highest BCUT2D eigenvalue weighted by Crippen LogP contribution is 2.20. The van der Waals surface area contributed by atoms with Crippen LogP contribution in [0, 0.1) is 18.3 Å². The molecular weight excluding hydrogens is 338 g/mol. The van der Waals surface area contributed by atoms with Crippen LogP contribution in [0.4, 0.5) is 11.4 Å². The molecular formula is C19H18ClN3O2. The fourth-order valence-electron chi connectivity index (χ4n) is 2.09. The summed E-state index contributed by atoms with van der Waals surface area (Å²) in [4.78, 5) is 12.2. The summed E-state index contributed by atoms with van der Waals surface area (Å²) in [5.41, 5.74) is 2.22. The molecule has 5 nitrogen and oxygen atoms in total. The number of carbonyl (C=O) groups is 1. The van der Waals surface area contributed by atoms with Crippen molar-refractivity contribution >= 4 is 28.9 Å². The van der Waals surface area contributed by atoms with Gasteiger partial charge >= 0.3 is 0 Å². The number of nitrogens with zero attached hydrogens (tertiary/aromatic N) is 1. The molecule has 0 unspecified atom stereocenters. The summed E-state index contributed by atoms with van der Waals surface area (Å²) in [7, 11) is 0. The first-order valence-corrected chi connectivity index (χ1v) is 8.08. The molecule has 0 radical (unpaired) electrons. The topological polar surface area (TPSA) is 74.1 Å². The summed E-state index contributed by atoms with van der Waals surface area (Å²) in [6.07, 6.45) is 1.38. The average Bonchev–Trinajstić information content (AvgIpc) is 2.59. The van der Waals surface area contributed by atoms with Crippen molar-refractivity contribution in [3.05, 3.63) is 64.8 Å². The second-order valence-electron chi connectivity index (χ2n) is 5.18. The molecule has 2 aromatic carbocycles. The fraction of sp³-hybridized carbons (Fsp3) is 0.158. The molecule has 2 aromatic rings. The number of hydrogen-bond donors (Lipinski definition) is 2. The van der Waals surface area contributed by atoms with Crippen LogP contribution in [0.5, 0.6) is 5.75 Å². The maximum atomic E-state index is 12.2. The Morgan fingerprint density at radius 2 is 2.00 bits per heavy atom. The van der Waals surface area contributed by atoms with E-state index in [2.05, 4.69) is 10.6 Å². The third-order valence-corrected chi connectivity index (χ3v) is 3.58. The minimum atomic E-state index is -0.495. The first kappa shape index (κ1) is 18.4. The Morgan fingerprint density at radius 1 is 1.28 bits per heavy atom. The summed E-state index contributed by atoms with van der Waals surface area (Å²) in [6, 6.07) is 14.1. The number of amides is 1. The Bertz CT molecular complexity index is 824. The Balaban J connectivity index is 2.06. The van der Waals surface area contributed by atoms with E-state index in [1.807, 2.05) is 19.9 Å². The molecule has 0 aromatic heterocycles. The normalized spacial score (nSPS) is 10.7. The van der Waals surface area contributed by atoms with Gasteiger partial charge in [-0.1, -0.05) is 11.6 Å². The third-order valence-electron chi connectivity index (χ3n) is 3.35. The van der Waals surface area contributed by atoms with Crippen molar-refractivity contribution < 1.29 is 9.53 Å². The number of nitriles is 1. The Kier molecular flexibility index (Phi) is 6.44. The van der Waals surface area contributed by atoms with Crippen LogP contribution in [-0.2, 0) is 4.79 Å². The van der Waals surface area contributed by atoms with Crippen LogP contribution in [0.15, 0.2) is 54.2 Å². The van der Waals surface area contributed by atoms with Gasteiger partial charge < -0.3 is 15.4 Å². The predicted molar refractivity (Wildman–Crippen MR) is 99.7 cm³/mol. The van der Waals surface area contributed by atoms with Gasteiger partial charge in [0.05, 0.1) is 6.61 Å². The molecule has 0 spiro atoms. The summed E-state index contributed by atoms with van der Waals surface area (Å²) in [6.45, 7) is 4.35. The predicted octanol–water partition coefficient (Wildman–Crippen LogP) is 4.51. The molecule has 128 valence electrons. The average molecular weight is 356 g/mol. The number of benzene rings is 2. The zero-order valence-corrected chi connectivity index (χ0v) is 14.7. The number of halogens is 1. The molecule has 0 fully saturated rings. The van der Waals surface area contributed by atoms with Crippen molar-refractivity contribution in [3.8, 4) is 11.8 Å². The molecule has 0 aliphatic carbocycles. The minimum Gasteiger partial charge on any atom is -0.494 e. The van der Waals surface area contributed by atoms with Crippen molar-refractivity contribution in [3.63, 3.8) is 0 Å². The smallest absolute Gasteiger partial charge is 0.267 e. The molecule has 0 heterocycles. The van der Waals surface area contributed by atoms with Crippen molar-refractivity contribution in [1.29, 1.82) is 5.26 Å². The van der Waals surface area contributed by atoms with E-state index in [1.165, 1.54) is 6.20 Å². The van der Waals surface area contributed by atoms with E-state index >= 15 is 0 Å². The molecule has 0 bridgehead atoms. The van der Waals surface area contributed by atoms with E-state index in [1.54, 1.807) is 42.5 Å². The maximum absolute atomic E-state index is 12.2. The van der Waals surface area contributed by atoms with E-state index in [9.17, 15) is 10.1 Å². The van der Waals surface area contributed by atoms with E-state index in [0.29, 0.717) is 17.3 Å². The molecule has 0 atom stereocenters. The lowest BCUT2D eigenvalue weighted by molar-refractivity contribution is -0.112. The quantitative estimate of drug-likeness (QED) is 0.590. The lowest BCUT2D eigenvalue weighted by Crippen LogP contribution is -2.14. The third kappa shape index (κ3) is 5.27. The first-order valence-electron chi connectivity index (χ1n) is 7.70. The number of anilines is 2. The van der Waals surface area contributed by atoms with Crippen LogP contribution in [0.3, 0.4) is 0 Å². The highest BCUT2D eigenvalue weighted by atomic mass is 35.5. The molecule has 0 saturated carbocycles. The lowest BCUT2D eigenvalue weighted by Gasteiger charge is -2.08. The molecule has 0 aliphatic heterocycles. The standard InChI is InChI=1S/C19H18ClN3O2/c1-3-25-17-7-5-16(6-8-17)23-19(24)14(11-21)12-22-18-9-4-15(20)10-13(18)2/h4-10,12,22H,3H2,1-2H3,(H,23,24)/b14-12-. The molecule has 25 heavy (non-hydrogen) atoms. The highest BCUT2D eigenvalue weighted by Gasteiger charge is 2.09. The first-order chi connectivity index (χ1) is 12.0. The van der Waals surface area contributed by atoms with Crippen molar-refractivity contribution in [1.82, 2.24) is 0 Å². The largest absolute Gasteiger partial charge is 0.494 e.